The van der Waals surface area contributed by atoms with E-state index in [9.17, 15) is 9.59 Å². The largest absolute Gasteiger partial charge is 0.395 e. The Morgan fingerprint density at radius 2 is 2.05 bits per heavy atom. The lowest BCUT2D eigenvalue weighted by Crippen LogP contribution is -2.37. The molecule has 7 heteroatoms. The number of carbonyl (C=O) groups excluding carboxylic acids is 2. The number of carbonyl (C=O) groups is 2. The molecule has 0 saturated carbocycles. The molecule has 0 aliphatic heterocycles. The minimum atomic E-state index is -0.600. The van der Waals surface area contributed by atoms with E-state index < -0.39 is 5.91 Å². The highest BCUT2D eigenvalue weighted by Crippen LogP contribution is 2.14. The van der Waals surface area contributed by atoms with Crippen molar-refractivity contribution < 1.29 is 19.4 Å². The van der Waals surface area contributed by atoms with Crippen molar-refractivity contribution in [3.05, 3.63) is 29.8 Å². The molecule has 7 nitrogen and oxygen atoms in total. The molecule has 0 bridgehead atoms. The third-order valence-corrected chi connectivity index (χ3v) is 2.86. The van der Waals surface area contributed by atoms with Crippen molar-refractivity contribution in [2.24, 2.45) is 5.73 Å². The first-order valence-electron chi connectivity index (χ1n) is 6.59. The van der Waals surface area contributed by atoms with Gasteiger partial charge in [0.2, 0.25) is 5.91 Å². The number of amides is 2. The smallest absolute Gasteiger partial charge is 0.250 e. The van der Waals surface area contributed by atoms with E-state index in [1.165, 1.54) is 0 Å². The average molecular weight is 295 g/mol. The molecule has 0 spiro atoms. The van der Waals surface area contributed by atoms with Crippen molar-refractivity contribution in [1.29, 1.82) is 0 Å². The molecule has 4 N–H and O–H groups in total. The van der Waals surface area contributed by atoms with Gasteiger partial charge in [-0.2, -0.15) is 0 Å². The number of aliphatic hydroxyl groups excluding tert-OH is 1. The van der Waals surface area contributed by atoms with E-state index in [4.69, 9.17) is 15.6 Å². The number of nitrogens with two attached hydrogens (primary N) is 1. The van der Waals surface area contributed by atoms with Gasteiger partial charge in [0.15, 0.2) is 0 Å². The fourth-order valence-electron chi connectivity index (χ4n) is 1.83. The van der Waals surface area contributed by atoms with Crippen LogP contribution in [0.2, 0.25) is 0 Å². The zero-order chi connectivity index (χ0) is 15.7. The number of ether oxygens (including phenoxy) is 1. The SMILES string of the molecule is COCCN(CCO)CC(=O)Nc1ccccc1C(N)=O. The number of benzene rings is 1. The summed E-state index contributed by atoms with van der Waals surface area (Å²) < 4.78 is 4.95. The fourth-order valence-corrected chi connectivity index (χ4v) is 1.83. The number of methoxy groups -OCH3 is 1. The maximum atomic E-state index is 12.0. The van der Waals surface area contributed by atoms with Gasteiger partial charge in [0, 0.05) is 20.2 Å². The highest BCUT2D eigenvalue weighted by molar-refractivity contribution is 6.03. The van der Waals surface area contributed by atoms with Crippen LogP contribution < -0.4 is 11.1 Å². The lowest BCUT2D eigenvalue weighted by Gasteiger charge is -2.20. The summed E-state index contributed by atoms with van der Waals surface area (Å²) in [5.41, 5.74) is 5.90. The van der Waals surface area contributed by atoms with Gasteiger partial charge < -0.3 is 20.9 Å². The summed E-state index contributed by atoms with van der Waals surface area (Å²) in [5.74, 6) is -0.884. The predicted molar refractivity (Wildman–Crippen MR) is 79.0 cm³/mol. The Bertz CT molecular complexity index is 479. The molecule has 0 aliphatic rings. The lowest BCUT2D eigenvalue weighted by atomic mass is 10.1. The van der Waals surface area contributed by atoms with Gasteiger partial charge in [-0.3, -0.25) is 14.5 Å². The van der Waals surface area contributed by atoms with Gasteiger partial charge in [-0.1, -0.05) is 12.1 Å². The molecule has 0 radical (unpaired) electrons. The Balaban J connectivity index is 2.65. The quantitative estimate of drug-likeness (QED) is 0.578. The van der Waals surface area contributed by atoms with Gasteiger partial charge in [0.05, 0.1) is 31.0 Å². The summed E-state index contributed by atoms with van der Waals surface area (Å²) >= 11 is 0. The molecule has 1 rings (SSSR count). The summed E-state index contributed by atoms with van der Waals surface area (Å²) in [5, 5.41) is 11.6. The van der Waals surface area contributed by atoms with Crippen LogP contribution in [-0.2, 0) is 9.53 Å². The van der Waals surface area contributed by atoms with Gasteiger partial charge in [-0.25, -0.2) is 0 Å². The van der Waals surface area contributed by atoms with Gasteiger partial charge in [0.1, 0.15) is 0 Å². The average Bonchev–Trinajstić information content (AvgIpc) is 2.45. The zero-order valence-electron chi connectivity index (χ0n) is 12.0. The molecule has 116 valence electrons. The summed E-state index contributed by atoms with van der Waals surface area (Å²) in [7, 11) is 1.57. The van der Waals surface area contributed by atoms with Crippen LogP contribution in [0.3, 0.4) is 0 Å². The van der Waals surface area contributed by atoms with Crippen LogP contribution >= 0.6 is 0 Å². The van der Waals surface area contributed by atoms with Crippen molar-refractivity contribution >= 4 is 17.5 Å². The number of anilines is 1. The molecular weight excluding hydrogens is 274 g/mol. The molecule has 1 aromatic rings. The van der Waals surface area contributed by atoms with E-state index in [1.807, 2.05) is 0 Å². The van der Waals surface area contributed by atoms with E-state index in [-0.39, 0.29) is 24.6 Å². The van der Waals surface area contributed by atoms with E-state index in [2.05, 4.69) is 5.32 Å². The van der Waals surface area contributed by atoms with Crippen molar-refractivity contribution in [1.82, 2.24) is 4.90 Å². The molecule has 0 heterocycles. The standard InChI is InChI=1S/C14H21N3O4/c1-21-9-7-17(6-8-18)10-13(19)16-12-5-3-2-4-11(12)14(15)20/h2-5,18H,6-10H2,1H3,(H2,15,20)(H,16,19). The minimum absolute atomic E-state index is 0.0468. The van der Waals surface area contributed by atoms with E-state index in [0.717, 1.165) is 0 Å². The normalized spacial score (nSPS) is 10.6. The van der Waals surface area contributed by atoms with Crippen LogP contribution in [-0.4, -0.2) is 61.8 Å². The highest BCUT2D eigenvalue weighted by Gasteiger charge is 2.13. The molecular formula is C14H21N3O4. The third kappa shape index (κ3) is 5.90. The van der Waals surface area contributed by atoms with E-state index in [0.29, 0.717) is 25.4 Å². The molecule has 0 aliphatic carbocycles. The first kappa shape index (κ1) is 17.1. The molecule has 0 saturated heterocycles. The Kier molecular flexibility index (Phi) is 7.38. The zero-order valence-corrected chi connectivity index (χ0v) is 12.0. The van der Waals surface area contributed by atoms with Crippen molar-refractivity contribution in [2.75, 3.05) is 45.3 Å². The van der Waals surface area contributed by atoms with Crippen molar-refractivity contribution in [3.8, 4) is 0 Å². The molecule has 0 unspecified atom stereocenters. The Hall–Kier alpha value is -1.96. The molecule has 0 aromatic heterocycles. The number of rotatable bonds is 9. The predicted octanol–water partition coefficient (Wildman–Crippen LogP) is -0.335. The van der Waals surface area contributed by atoms with Crippen LogP contribution in [0.25, 0.3) is 0 Å². The van der Waals surface area contributed by atoms with Crippen LogP contribution in [0.15, 0.2) is 24.3 Å². The maximum absolute atomic E-state index is 12.0. The minimum Gasteiger partial charge on any atom is -0.395 e. The number of para-hydroxylation sites is 1. The van der Waals surface area contributed by atoms with Crippen LogP contribution in [0.4, 0.5) is 5.69 Å². The molecule has 2 amide bonds. The second-order valence-electron chi connectivity index (χ2n) is 4.45. The van der Waals surface area contributed by atoms with Gasteiger partial charge in [-0.15, -0.1) is 0 Å². The van der Waals surface area contributed by atoms with Gasteiger partial charge in [0.25, 0.3) is 5.91 Å². The first-order chi connectivity index (χ1) is 10.1. The van der Waals surface area contributed by atoms with Crippen LogP contribution in [0.5, 0.6) is 0 Å². The summed E-state index contributed by atoms with van der Waals surface area (Å²) in [6, 6.07) is 6.54. The van der Waals surface area contributed by atoms with E-state index in [1.54, 1.807) is 36.3 Å². The molecule has 0 atom stereocenters. The Morgan fingerprint density at radius 3 is 2.67 bits per heavy atom. The Morgan fingerprint density at radius 1 is 1.33 bits per heavy atom. The highest BCUT2D eigenvalue weighted by atomic mass is 16.5. The van der Waals surface area contributed by atoms with Crippen molar-refractivity contribution in [3.63, 3.8) is 0 Å². The fraction of sp³-hybridized carbons (Fsp3) is 0.429. The van der Waals surface area contributed by atoms with Crippen molar-refractivity contribution in [2.45, 2.75) is 0 Å². The second-order valence-corrected chi connectivity index (χ2v) is 4.45. The lowest BCUT2D eigenvalue weighted by molar-refractivity contribution is -0.117. The maximum Gasteiger partial charge on any atom is 0.250 e. The third-order valence-electron chi connectivity index (χ3n) is 2.86. The number of nitrogens with one attached hydrogen (secondary N) is 1. The monoisotopic (exact) mass is 295 g/mol. The molecule has 21 heavy (non-hydrogen) atoms. The first-order valence-corrected chi connectivity index (χ1v) is 6.59. The number of nitrogens with zero attached hydrogens (tertiary/aromatic N) is 1. The molecule has 0 fully saturated rings. The summed E-state index contributed by atoms with van der Waals surface area (Å²) in [6.45, 7) is 1.41. The summed E-state index contributed by atoms with van der Waals surface area (Å²) in [6.07, 6.45) is 0. The summed E-state index contributed by atoms with van der Waals surface area (Å²) in [4.78, 5) is 25.0. The number of primary amides is 1. The molecule has 1 aromatic carbocycles. The van der Waals surface area contributed by atoms with Gasteiger partial charge >= 0.3 is 0 Å². The Labute approximate surface area is 123 Å². The van der Waals surface area contributed by atoms with Crippen LogP contribution in [0.1, 0.15) is 10.4 Å². The van der Waals surface area contributed by atoms with Crippen LogP contribution in [0, 0.1) is 0 Å². The second kappa shape index (κ2) is 9.06. The van der Waals surface area contributed by atoms with Gasteiger partial charge in [-0.05, 0) is 12.1 Å². The number of hydrogen-bond acceptors (Lipinski definition) is 5. The topological polar surface area (TPSA) is 105 Å². The van der Waals surface area contributed by atoms with E-state index >= 15 is 0 Å². The number of hydrogen-bond donors (Lipinski definition) is 3. The number of aliphatic hydroxyl groups is 1.